The highest BCUT2D eigenvalue weighted by Crippen LogP contribution is 2.27. The minimum atomic E-state index is -0.0952. The lowest BCUT2D eigenvalue weighted by atomic mass is 9.94. The smallest absolute Gasteiger partial charge is 0.254 e. The number of hydrogen-bond acceptors (Lipinski definition) is 5. The average molecular weight is 475 g/mol. The standard InChI is InChI=1S/C26H26N4O3S/c1-17-23(14-28-25(32)19-8-11-34-16-19)22-7-10-29(15-20(22)13-27-17)26(33)18-4-2-5-21(12-18)30-9-3-6-24(30)31/h2,4-5,8,11-13,16H,3,6-7,9-10,14-15H2,1H3,(H,28,32). The van der Waals surface area contributed by atoms with Crippen molar-refractivity contribution in [2.24, 2.45) is 0 Å². The van der Waals surface area contributed by atoms with E-state index >= 15 is 0 Å². The van der Waals surface area contributed by atoms with Crippen molar-refractivity contribution < 1.29 is 14.4 Å². The van der Waals surface area contributed by atoms with Gasteiger partial charge in [-0.3, -0.25) is 19.4 Å². The summed E-state index contributed by atoms with van der Waals surface area (Å²) in [5.41, 5.74) is 6.13. The number of aromatic nitrogens is 1. The molecule has 2 aliphatic heterocycles. The van der Waals surface area contributed by atoms with Crippen molar-refractivity contribution in [3.8, 4) is 0 Å². The van der Waals surface area contributed by atoms with Crippen molar-refractivity contribution >= 4 is 34.7 Å². The summed E-state index contributed by atoms with van der Waals surface area (Å²) in [6.45, 7) is 4.13. The van der Waals surface area contributed by atoms with Gasteiger partial charge < -0.3 is 15.1 Å². The number of hydrogen-bond donors (Lipinski definition) is 1. The Kier molecular flexibility index (Phi) is 6.15. The zero-order valence-corrected chi connectivity index (χ0v) is 19.9. The third kappa shape index (κ3) is 4.33. The second-order valence-corrected chi connectivity index (χ2v) is 9.48. The Morgan fingerprint density at radius 1 is 1.15 bits per heavy atom. The first-order valence-corrected chi connectivity index (χ1v) is 12.4. The topological polar surface area (TPSA) is 82.6 Å². The SMILES string of the molecule is Cc1ncc2c(c1CNC(=O)c1ccsc1)CCN(C(=O)c1cccc(N3CCCC3=O)c1)C2. The van der Waals surface area contributed by atoms with E-state index in [1.54, 1.807) is 11.0 Å². The minimum Gasteiger partial charge on any atom is -0.348 e. The molecule has 2 aromatic heterocycles. The monoisotopic (exact) mass is 474 g/mol. The molecule has 1 N–H and O–H groups in total. The molecule has 0 unspecified atom stereocenters. The number of thiophene rings is 1. The fraction of sp³-hybridized carbons (Fsp3) is 0.308. The highest BCUT2D eigenvalue weighted by Gasteiger charge is 2.27. The molecule has 0 saturated carbocycles. The van der Waals surface area contributed by atoms with Crippen LogP contribution in [0.4, 0.5) is 5.69 Å². The maximum absolute atomic E-state index is 13.3. The van der Waals surface area contributed by atoms with Gasteiger partial charge in [0.05, 0.1) is 0 Å². The number of rotatable bonds is 5. The number of anilines is 1. The summed E-state index contributed by atoms with van der Waals surface area (Å²) < 4.78 is 0. The predicted octanol–water partition coefficient (Wildman–Crippen LogP) is 3.71. The Balaban J connectivity index is 1.31. The van der Waals surface area contributed by atoms with Crippen LogP contribution in [-0.4, -0.2) is 40.7 Å². The van der Waals surface area contributed by atoms with Gasteiger partial charge in [-0.15, -0.1) is 0 Å². The lowest BCUT2D eigenvalue weighted by Gasteiger charge is -2.31. The molecule has 7 nitrogen and oxygen atoms in total. The van der Waals surface area contributed by atoms with E-state index in [2.05, 4.69) is 10.3 Å². The van der Waals surface area contributed by atoms with Crippen LogP contribution < -0.4 is 10.2 Å². The summed E-state index contributed by atoms with van der Waals surface area (Å²) in [6, 6.07) is 9.16. The third-order valence-electron chi connectivity index (χ3n) is 6.57. The number of pyridine rings is 1. The van der Waals surface area contributed by atoms with Crippen molar-refractivity contribution in [3.05, 3.63) is 80.8 Å². The lowest BCUT2D eigenvalue weighted by molar-refractivity contribution is -0.117. The molecule has 0 bridgehead atoms. The first-order valence-electron chi connectivity index (χ1n) is 11.5. The molecular weight excluding hydrogens is 448 g/mol. The van der Waals surface area contributed by atoms with Crippen LogP contribution in [0.5, 0.6) is 0 Å². The van der Waals surface area contributed by atoms with Gasteiger partial charge in [-0.05, 0) is 66.1 Å². The molecule has 2 aliphatic rings. The van der Waals surface area contributed by atoms with Crippen LogP contribution in [-0.2, 0) is 24.3 Å². The number of nitrogens with one attached hydrogen (secondary N) is 1. The molecular formula is C26H26N4O3S. The molecule has 3 amide bonds. The number of aryl methyl sites for hydroxylation is 1. The van der Waals surface area contributed by atoms with E-state index < -0.39 is 0 Å². The Morgan fingerprint density at radius 3 is 2.79 bits per heavy atom. The highest BCUT2D eigenvalue weighted by atomic mass is 32.1. The summed E-state index contributed by atoms with van der Waals surface area (Å²) in [5, 5.41) is 6.72. The molecule has 34 heavy (non-hydrogen) atoms. The molecule has 174 valence electrons. The summed E-state index contributed by atoms with van der Waals surface area (Å²) in [6.07, 6.45) is 3.96. The van der Waals surface area contributed by atoms with Gasteiger partial charge in [0.15, 0.2) is 0 Å². The van der Waals surface area contributed by atoms with Gasteiger partial charge in [0.1, 0.15) is 0 Å². The largest absolute Gasteiger partial charge is 0.348 e. The first-order chi connectivity index (χ1) is 16.5. The molecule has 1 saturated heterocycles. The lowest BCUT2D eigenvalue weighted by Crippen LogP contribution is -2.37. The second-order valence-electron chi connectivity index (χ2n) is 8.70. The van der Waals surface area contributed by atoms with Gasteiger partial charge in [0, 0.05) is 66.7 Å². The van der Waals surface area contributed by atoms with Crippen LogP contribution in [0.15, 0.2) is 47.3 Å². The third-order valence-corrected chi connectivity index (χ3v) is 7.25. The fourth-order valence-electron chi connectivity index (χ4n) is 4.70. The molecule has 0 radical (unpaired) electrons. The second kappa shape index (κ2) is 9.38. The Hall–Kier alpha value is -3.52. The summed E-state index contributed by atoms with van der Waals surface area (Å²) in [7, 11) is 0. The van der Waals surface area contributed by atoms with E-state index in [0.717, 1.165) is 28.9 Å². The van der Waals surface area contributed by atoms with E-state index in [4.69, 9.17) is 0 Å². The molecule has 1 aromatic carbocycles. The van der Waals surface area contributed by atoms with E-state index in [9.17, 15) is 14.4 Å². The zero-order valence-electron chi connectivity index (χ0n) is 19.0. The molecule has 1 fully saturated rings. The molecule has 4 heterocycles. The van der Waals surface area contributed by atoms with Gasteiger partial charge in [0.2, 0.25) is 5.91 Å². The van der Waals surface area contributed by atoms with Crippen molar-refractivity contribution in [2.75, 3.05) is 18.0 Å². The Bertz CT molecular complexity index is 1250. The quantitative estimate of drug-likeness (QED) is 0.611. The van der Waals surface area contributed by atoms with Crippen LogP contribution in [0, 0.1) is 6.92 Å². The van der Waals surface area contributed by atoms with Gasteiger partial charge in [-0.25, -0.2) is 0 Å². The van der Waals surface area contributed by atoms with Gasteiger partial charge in [-0.2, -0.15) is 11.3 Å². The van der Waals surface area contributed by atoms with Crippen LogP contribution in [0.1, 0.15) is 55.9 Å². The van der Waals surface area contributed by atoms with Crippen LogP contribution >= 0.6 is 11.3 Å². The number of amides is 3. The van der Waals surface area contributed by atoms with Gasteiger partial charge in [0.25, 0.3) is 11.8 Å². The summed E-state index contributed by atoms with van der Waals surface area (Å²) in [4.78, 5) is 45.9. The summed E-state index contributed by atoms with van der Waals surface area (Å²) in [5.74, 6) is -0.0363. The van der Waals surface area contributed by atoms with E-state index in [1.807, 2.05) is 53.0 Å². The Labute approximate surface area is 202 Å². The number of carbonyl (C=O) groups is 3. The van der Waals surface area contributed by atoms with Gasteiger partial charge >= 0.3 is 0 Å². The normalized spacial score (nSPS) is 15.4. The van der Waals surface area contributed by atoms with Crippen molar-refractivity contribution in [2.45, 2.75) is 39.3 Å². The number of nitrogens with zero attached hydrogens (tertiary/aromatic N) is 3. The fourth-order valence-corrected chi connectivity index (χ4v) is 5.34. The zero-order chi connectivity index (χ0) is 23.7. The first kappa shape index (κ1) is 22.3. The predicted molar refractivity (Wildman–Crippen MR) is 131 cm³/mol. The van der Waals surface area contributed by atoms with Crippen molar-refractivity contribution in [3.63, 3.8) is 0 Å². The summed E-state index contributed by atoms with van der Waals surface area (Å²) >= 11 is 1.49. The van der Waals surface area contributed by atoms with Crippen LogP contribution in [0.2, 0.25) is 0 Å². The van der Waals surface area contributed by atoms with Crippen molar-refractivity contribution in [1.82, 2.24) is 15.2 Å². The maximum atomic E-state index is 13.3. The van der Waals surface area contributed by atoms with E-state index in [1.165, 1.54) is 16.9 Å². The molecule has 0 atom stereocenters. The Morgan fingerprint density at radius 2 is 2.03 bits per heavy atom. The molecule has 5 rings (SSSR count). The van der Waals surface area contributed by atoms with Gasteiger partial charge in [-0.1, -0.05) is 6.07 Å². The van der Waals surface area contributed by atoms with E-state index in [0.29, 0.717) is 50.1 Å². The van der Waals surface area contributed by atoms with Crippen LogP contribution in [0.3, 0.4) is 0 Å². The molecule has 0 spiro atoms. The van der Waals surface area contributed by atoms with Crippen molar-refractivity contribution in [1.29, 1.82) is 0 Å². The molecule has 3 aromatic rings. The minimum absolute atomic E-state index is 0.0490. The van der Waals surface area contributed by atoms with Crippen LogP contribution in [0.25, 0.3) is 0 Å². The average Bonchev–Trinajstić information content (AvgIpc) is 3.55. The highest BCUT2D eigenvalue weighted by molar-refractivity contribution is 7.08. The maximum Gasteiger partial charge on any atom is 0.254 e. The molecule has 8 heteroatoms. The number of fused-ring (bicyclic) bond motifs is 1. The number of carbonyl (C=O) groups excluding carboxylic acids is 3. The molecule has 0 aliphatic carbocycles. The van der Waals surface area contributed by atoms with E-state index in [-0.39, 0.29) is 17.7 Å². The number of benzene rings is 1.